The van der Waals surface area contributed by atoms with Crippen LogP contribution in [0.3, 0.4) is 0 Å². The van der Waals surface area contributed by atoms with E-state index in [4.69, 9.17) is 4.74 Å². The van der Waals surface area contributed by atoms with Crippen LogP contribution in [-0.2, 0) is 16.3 Å². The molecule has 0 saturated heterocycles. The van der Waals surface area contributed by atoms with Gasteiger partial charge in [0.2, 0.25) is 0 Å². The molecular formula is C13H19NO3S. The van der Waals surface area contributed by atoms with E-state index in [0.29, 0.717) is 4.90 Å². The monoisotopic (exact) mass is 269 g/mol. The Kier molecular flexibility index (Phi) is 3.64. The molecule has 0 radical (unpaired) electrons. The first-order valence-electron chi connectivity index (χ1n) is 6.00. The zero-order valence-electron chi connectivity index (χ0n) is 11.0. The first-order chi connectivity index (χ1) is 8.36. The van der Waals surface area contributed by atoms with Crippen LogP contribution in [0.1, 0.15) is 12.0 Å². The second kappa shape index (κ2) is 4.90. The fourth-order valence-electron chi connectivity index (χ4n) is 2.17. The quantitative estimate of drug-likeness (QED) is 0.831. The predicted octanol–water partition coefficient (Wildman–Crippen LogP) is 1.35. The third-order valence-corrected chi connectivity index (χ3v) is 4.18. The van der Waals surface area contributed by atoms with Crippen molar-refractivity contribution in [2.75, 3.05) is 26.9 Å². The van der Waals surface area contributed by atoms with Gasteiger partial charge in [0.15, 0.2) is 9.84 Å². The Morgan fingerprint density at radius 3 is 2.72 bits per heavy atom. The SMILES string of the molecule is CN(C)C[C@H]1CCc2ccc(S(C)(=O)=O)cc2O1. The number of rotatable bonds is 3. The number of benzene rings is 1. The molecule has 0 amide bonds. The third-order valence-electron chi connectivity index (χ3n) is 3.06. The van der Waals surface area contributed by atoms with Gasteiger partial charge < -0.3 is 9.64 Å². The summed E-state index contributed by atoms with van der Waals surface area (Å²) in [5, 5.41) is 0. The van der Waals surface area contributed by atoms with Crippen molar-refractivity contribution in [3.8, 4) is 5.75 Å². The van der Waals surface area contributed by atoms with Crippen molar-refractivity contribution in [3.63, 3.8) is 0 Å². The molecule has 0 saturated carbocycles. The zero-order chi connectivity index (χ0) is 13.3. The lowest BCUT2D eigenvalue weighted by Crippen LogP contribution is -2.33. The van der Waals surface area contributed by atoms with Gasteiger partial charge in [-0.25, -0.2) is 8.42 Å². The average Bonchev–Trinajstić information content (AvgIpc) is 2.26. The van der Waals surface area contributed by atoms with E-state index in [1.165, 1.54) is 6.26 Å². The Morgan fingerprint density at radius 2 is 2.11 bits per heavy atom. The minimum absolute atomic E-state index is 0.141. The van der Waals surface area contributed by atoms with E-state index in [0.717, 1.165) is 30.7 Å². The number of nitrogens with zero attached hydrogens (tertiary/aromatic N) is 1. The van der Waals surface area contributed by atoms with Gasteiger partial charge >= 0.3 is 0 Å². The Hall–Kier alpha value is -1.07. The predicted molar refractivity (Wildman–Crippen MR) is 70.8 cm³/mol. The Bertz CT molecular complexity index is 537. The standard InChI is InChI=1S/C13H19NO3S/c1-14(2)9-11-6-4-10-5-7-12(18(3,15)16)8-13(10)17-11/h5,7-8,11H,4,6,9H2,1-3H3/t11-/m1/s1. The molecule has 1 aliphatic rings. The summed E-state index contributed by atoms with van der Waals surface area (Å²) >= 11 is 0. The first kappa shape index (κ1) is 13.4. The topological polar surface area (TPSA) is 46.6 Å². The lowest BCUT2D eigenvalue weighted by molar-refractivity contribution is 0.137. The highest BCUT2D eigenvalue weighted by Gasteiger charge is 2.21. The van der Waals surface area contributed by atoms with Crippen LogP contribution in [0.2, 0.25) is 0 Å². The van der Waals surface area contributed by atoms with Crippen molar-refractivity contribution in [2.24, 2.45) is 0 Å². The smallest absolute Gasteiger partial charge is 0.175 e. The second-order valence-electron chi connectivity index (χ2n) is 5.08. The van der Waals surface area contributed by atoms with Gasteiger partial charge in [-0.3, -0.25) is 0 Å². The van der Waals surface area contributed by atoms with Crippen molar-refractivity contribution < 1.29 is 13.2 Å². The highest BCUT2D eigenvalue weighted by atomic mass is 32.2. The number of sulfone groups is 1. The van der Waals surface area contributed by atoms with Gasteiger partial charge in [-0.15, -0.1) is 0 Å². The first-order valence-corrected chi connectivity index (χ1v) is 7.90. The van der Waals surface area contributed by atoms with Crippen LogP contribution < -0.4 is 4.74 Å². The molecule has 0 fully saturated rings. The van der Waals surface area contributed by atoms with Gasteiger partial charge in [0, 0.05) is 12.8 Å². The second-order valence-corrected chi connectivity index (χ2v) is 7.10. The summed E-state index contributed by atoms with van der Waals surface area (Å²) in [5.74, 6) is 0.719. The van der Waals surface area contributed by atoms with Gasteiger partial charge in [-0.1, -0.05) is 6.07 Å². The molecule has 1 aromatic carbocycles. The van der Waals surface area contributed by atoms with Crippen LogP contribution in [0.25, 0.3) is 0 Å². The van der Waals surface area contributed by atoms with Crippen molar-refractivity contribution >= 4 is 9.84 Å². The molecule has 18 heavy (non-hydrogen) atoms. The Morgan fingerprint density at radius 1 is 1.39 bits per heavy atom. The molecule has 0 aliphatic carbocycles. The summed E-state index contributed by atoms with van der Waals surface area (Å²) in [6, 6.07) is 5.16. The summed E-state index contributed by atoms with van der Waals surface area (Å²) in [5.41, 5.74) is 1.09. The molecule has 0 bridgehead atoms. The summed E-state index contributed by atoms with van der Waals surface area (Å²) < 4.78 is 28.9. The fraction of sp³-hybridized carbons (Fsp3) is 0.538. The van der Waals surface area contributed by atoms with Gasteiger partial charge in [0.25, 0.3) is 0 Å². The summed E-state index contributed by atoms with van der Waals surface area (Å²) in [4.78, 5) is 2.41. The molecule has 1 aliphatic heterocycles. The van der Waals surface area contributed by atoms with E-state index in [2.05, 4.69) is 4.90 Å². The molecule has 4 nitrogen and oxygen atoms in total. The number of ether oxygens (including phenoxy) is 1. The molecule has 0 unspecified atom stereocenters. The van der Waals surface area contributed by atoms with Crippen molar-refractivity contribution in [2.45, 2.75) is 23.8 Å². The van der Waals surface area contributed by atoms with Gasteiger partial charge in [-0.05, 0) is 44.6 Å². The largest absolute Gasteiger partial charge is 0.489 e. The van der Waals surface area contributed by atoms with Crippen molar-refractivity contribution in [1.29, 1.82) is 0 Å². The van der Waals surface area contributed by atoms with Gasteiger partial charge in [0.05, 0.1) is 4.90 Å². The summed E-state index contributed by atoms with van der Waals surface area (Å²) in [6.07, 6.45) is 3.28. The Labute approximate surface area is 108 Å². The van der Waals surface area contributed by atoms with Crippen LogP contribution in [0.4, 0.5) is 0 Å². The molecule has 1 aromatic rings. The van der Waals surface area contributed by atoms with Crippen LogP contribution in [0, 0.1) is 0 Å². The molecule has 100 valence electrons. The summed E-state index contributed by atoms with van der Waals surface area (Å²) in [7, 11) is 0.844. The maximum atomic E-state index is 11.5. The minimum atomic E-state index is -3.17. The third kappa shape index (κ3) is 3.03. The zero-order valence-corrected chi connectivity index (χ0v) is 11.8. The van der Waals surface area contributed by atoms with Crippen LogP contribution in [0.15, 0.2) is 23.1 Å². The van der Waals surface area contributed by atoms with Crippen molar-refractivity contribution in [3.05, 3.63) is 23.8 Å². The lowest BCUT2D eigenvalue weighted by Gasteiger charge is -2.28. The van der Waals surface area contributed by atoms with E-state index in [1.54, 1.807) is 12.1 Å². The van der Waals surface area contributed by atoms with Gasteiger partial charge in [-0.2, -0.15) is 0 Å². The van der Waals surface area contributed by atoms with E-state index in [1.807, 2.05) is 20.2 Å². The number of hydrogen-bond acceptors (Lipinski definition) is 4. The lowest BCUT2D eigenvalue weighted by atomic mass is 10.0. The molecule has 0 spiro atoms. The summed E-state index contributed by atoms with van der Waals surface area (Å²) in [6.45, 7) is 0.850. The highest BCUT2D eigenvalue weighted by molar-refractivity contribution is 7.90. The molecule has 0 N–H and O–H groups in total. The normalized spacial score (nSPS) is 19.4. The Balaban J connectivity index is 2.25. The maximum Gasteiger partial charge on any atom is 0.175 e. The number of likely N-dealkylation sites (N-methyl/N-ethyl adjacent to an activating group) is 1. The number of aryl methyl sites for hydroxylation is 1. The fourth-order valence-corrected chi connectivity index (χ4v) is 2.81. The van der Waals surface area contributed by atoms with E-state index in [-0.39, 0.29) is 6.10 Å². The molecular weight excluding hydrogens is 250 g/mol. The van der Waals surface area contributed by atoms with E-state index >= 15 is 0 Å². The van der Waals surface area contributed by atoms with E-state index in [9.17, 15) is 8.42 Å². The van der Waals surface area contributed by atoms with Crippen LogP contribution in [-0.4, -0.2) is 46.3 Å². The van der Waals surface area contributed by atoms with Gasteiger partial charge in [0.1, 0.15) is 11.9 Å². The average molecular weight is 269 g/mol. The highest BCUT2D eigenvalue weighted by Crippen LogP contribution is 2.30. The minimum Gasteiger partial charge on any atom is -0.489 e. The van der Waals surface area contributed by atoms with E-state index < -0.39 is 9.84 Å². The maximum absolute atomic E-state index is 11.5. The van der Waals surface area contributed by atoms with Crippen molar-refractivity contribution in [1.82, 2.24) is 4.90 Å². The molecule has 2 rings (SSSR count). The van der Waals surface area contributed by atoms with Crippen LogP contribution >= 0.6 is 0 Å². The van der Waals surface area contributed by atoms with Crippen LogP contribution in [0.5, 0.6) is 5.75 Å². The molecule has 1 atom stereocenters. The molecule has 0 aromatic heterocycles. The number of fused-ring (bicyclic) bond motifs is 1. The molecule has 1 heterocycles. The number of hydrogen-bond donors (Lipinski definition) is 0. The molecule has 5 heteroatoms.